The summed E-state index contributed by atoms with van der Waals surface area (Å²) in [4.78, 5) is 30.4. The van der Waals surface area contributed by atoms with Crippen LogP contribution >= 0.6 is 0 Å². The van der Waals surface area contributed by atoms with E-state index >= 15 is 0 Å². The van der Waals surface area contributed by atoms with Crippen LogP contribution in [0.25, 0.3) is 0 Å². The van der Waals surface area contributed by atoms with Crippen LogP contribution in [-0.2, 0) is 13.6 Å². The predicted octanol–water partition coefficient (Wildman–Crippen LogP) is 3.04. The quantitative estimate of drug-likeness (QED) is 0.576. The van der Waals surface area contributed by atoms with E-state index in [1.54, 1.807) is 14.0 Å². The first-order valence-electron chi connectivity index (χ1n) is 8.18. The number of anilines is 1. The Morgan fingerprint density at radius 3 is 2.56 bits per heavy atom. The van der Waals surface area contributed by atoms with Crippen molar-refractivity contribution in [3.8, 4) is 0 Å². The van der Waals surface area contributed by atoms with Crippen LogP contribution in [0.4, 0.5) is 5.82 Å². The molecular weight excluding hydrogens is 314 g/mol. The lowest BCUT2D eigenvalue weighted by atomic mass is 10.2. The zero-order valence-corrected chi connectivity index (χ0v) is 14.8. The Hall–Kier alpha value is -2.95. The van der Waals surface area contributed by atoms with Crippen LogP contribution in [0.2, 0.25) is 0 Å². The molecule has 0 amide bonds. The first-order chi connectivity index (χ1) is 12.1. The van der Waals surface area contributed by atoms with E-state index in [9.17, 15) is 9.59 Å². The van der Waals surface area contributed by atoms with Gasteiger partial charge in [0.05, 0.1) is 0 Å². The number of rotatable bonds is 7. The van der Waals surface area contributed by atoms with Crippen molar-refractivity contribution >= 4 is 12.1 Å². The number of aldehydes is 1. The van der Waals surface area contributed by atoms with Crippen molar-refractivity contribution in [1.29, 1.82) is 0 Å². The van der Waals surface area contributed by atoms with Crippen molar-refractivity contribution in [2.45, 2.75) is 20.4 Å². The summed E-state index contributed by atoms with van der Waals surface area (Å²) in [5.41, 5.74) is 0.843. The van der Waals surface area contributed by atoms with Crippen molar-refractivity contribution < 1.29 is 4.79 Å². The minimum atomic E-state index is -0.326. The molecule has 5 heteroatoms. The first kappa shape index (κ1) is 18.4. The molecule has 5 nitrogen and oxygen atoms in total. The third-order valence-electron chi connectivity index (χ3n) is 3.93. The molecule has 0 fully saturated rings. The molecule has 0 saturated carbocycles. The number of aryl methyl sites for hydroxylation is 1. The van der Waals surface area contributed by atoms with E-state index in [-0.39, 0.29) is 11.1 Å². The minimum Gasteiger partial charge on any atom is -0.348 e. The summed E-state index contributed by atoms with van der Waals surface area (Å²) < 4.78 is 1.39. The van der Waals surface area contributed by atoms with Crippen molar-refractivity contribution in [3.63, 3.8) is 0 Å². The van der Waals surface area contributed by atoms with Crippen LogP contribution in [0.15, 0.2) is 59.4 Å². The van der Waals surface area contributed by atoms with Gasteiger partial charge in [0.2, 0.25) is 0 Å². The van der Waals surface area contributed by atoms with E-state index in [0.29, 0.717) is 31.0 Å². The number of hydrogen-bond acceptors (Lipinski definition) is 4. The molecular formula is C20H23N3O2. The zero-order chi connectivity index (χ0) is 18.2. The molecule has 0 aliphatic rings. The smallest absolute Gasteiger partial charge is 0.266 e. The molecule has 0 aliphatic heterocycles. The van der Waals surface area contributed by atoms with E-state index < -0.39 is 0 Å². The molecule has 1 aromatic carbocycles. The van der Waals surface area contributed by atoms with Gasteiger partial charge in [0.25, 0.3) is 5.56 Å². The molecule has 2 rings (SSSR count). The Bertz CT molecular complexity index is 836. The second-order valence-corrected chi connectivity index (χ2v) is 5.70. The molecule has 0 bridgehead atoms. The average molecular weight is 337 g/mol. The zero-order valence-electron chi connectivity index (χ0n) is 14.8. The second kappa shape index (κ2) is 8.78. The Labute approximate surface area is 147 Å². The third kappa shape index (κ3) is 4.53. The van der Waals surface area contributed by atoms with Gasteiger partial charge in [-0.15, -0.1) is 0 Å². The number of carbonyl (C=O) groups is 1. The Balaban J connectivity index is 2.47. The van der Waals surface area contributed by atoms with E-state index in [0.717, 1.165) is 5.56 Å². The number of allylic oxidation sites excluding steroid dienone is 3. The molecule has 0 saturated heterocycles. The summed E-state index contributed by atoms with van der Waals surface area (Å²) >= 11 is 0. The lowest BCUT2D eigenvalue weighted by molar-refractivity contribution is 0.112. The summed E-state index contributed by atoms with van der Waals surface area (Å²) in [5, 5.41) is 0. The van der Waals surface area contributed by atoms with Gasteiger partial charge in [-0.05, 0) is 19.4 Å². The fourth-order valence-corrected chi connectivity index (χ4v) is 2.46. The highest BCUT2D eigenvalue weighted by Crippen LogP contribution is 2.17. The maximum atomic E-state index is 12.4. The summed E-state index contributed by atoms with van der Waals surface area (Å²) in [6.07, 6.45) is 8.38. The van der Waals surface area contributed by atoms with Gasteiger partial charge in [0.1, 0.15) is 17.2 Å². The number of aromatic nitrogens is 2. The maximum absolute atomic E-state index is 12.4. The highest BCUT2D eigenvalue weighted by atomic mass is 16.1. The minimum absolute atomic E-state index is 0.0865. The number of hydrogen-bond donors (Lipinski definition) is 0. The van der Waals surface area contributed by atoms with Gasteiger partial charge in [-0.2, -0.15) is 0 Å². The lowest BCUT2D eigenvalue weighted by Crippen LogP contribution is -2.32. The molecule has 0 atom stereocenters. The molecule has 0 radical (unpaired) electrons. The van der Waals surface area contributed by atoms with Crippen LogP contribution in [0.1, 0.15) is 28.7 Å². The standard InChI is InChI=1S/C20H23N3O2/c1-4-5-6-10-13-23(14-17-11-8-7-9-12-17)19-18(15-24)20(25)22(3)16(2)21-19/h4-12,15H,13-14H2,1-3H3/b5-4+,10-6+. The highest BCUT2D eigenvalue weighted by Gasteiger charge is 2.18. The van der Waals surface area contributed by atoms with E-state index in [4.69, 9.17) is 0 Å². The Morgan fingerprint density at radius 1 is 1.20 bits per heavy atom. The average Bonchev–Trinajstić information content (AvgIpc) is 2.63. The fourth-order valence-electron chi connectivity index (χ4n) is 2.46. The van der Waals surface area contributed by atoms with E-state index in [2.05, 4.69) is 4.98 Å². The molecule has 130 valence electrons. The normalized spacial score (nSPS) is 11.3. The molecule has 1 aromatic heterocycles. The first-order valence-corrected chi connectivity index (χ1v) is 8.18. The molecule has 1 heterocycles. The van der Waals surface area contributed by atoms with Crippen LogP contribution in [0.3, 0.4) is 0 Å². The number of benzene rings is 1. The van der Waals surface area contributed by atoms with Crippen molar-refractivity contribution in [1.82, 2.24) is 9.55 Å². The predicted molar refractivity (Wildman–Crippen MR) is 101 cm³/mol. The monoisotopic (exact) mass is 337 g/mol. The van der Waals surface area contributed by atoms with Crippen LogP contribution < -0.4 is 10.5 Å². The van der Waals surface area contributed by atoms with Gasteiger partial charge in [-0.25, -0.2) is 4.98 Å². The van der Waals surface area contributed by atoms with Gasteiger partial charge < -0.3 is 4.90 Å². The maximum Gasteiger partial charge on any atom is 0.266 e. The van der Waals surface area contributed by atoms with Crippen molar-refractivity contribution in [2.24, 2.45) is 7.05 Å². The molecule has 0 spiro atoms. The van der Waals surface area contributed by atoms with Crippen LogP contribution in [0.5, 0.6) is 0 Å². The number of nitrogens with zero attached hydrogens (tertiary/aromatic N) is 3. The van der Waals surface area contributed by atoms with Gasteiger partial charge >= 0.3 is 0 Å². The van der Waals surface area contributed by atoms with Gasteiger partial charge in [-0.3, -0.25) is 14.2 Å². The third-order valence-corrected chi connectivity index (χ3v) is 3.93. The molecule has 0 N–H and O–H groups in total. The summed E-state index contributed by atoms with van der Waals surface area (Å²) in [7, 11) is 1.62. The second-order valence-electron chi connectivity index (χ2n) is 5.70. The highest BCUT2D eigenvalue weighted by molar-refractivity contribution is 5.82. The summed E-state index contributed by atoms with van der Waals surface area (Å²) in [5.74, 6) is 0.991. The van der Waals surface area contributed by atoms with Gasteiger partial charge in [0, 0.05) is 20.1 Å². The van der Waals surface area contributed by atoms with Crippen molar-refractivity contribution in [2.75, 3.05) is 11.4 Å². The van der Waals surface area contributed by atoms with Gasteiger partial charge in [0.15, 0.2) is 6.29 Å². The molecule has 0 unspecified atom stereocenters. The molecule has 0 aliphatic carbocycles. The van der Waals surface area contributed by atoms with E-state index in [1.807, 2.05) is 66.5 Å². The van der Waals surface area contributed by atoms with Crippen molar-refractivity contribution in [3.05, 3.63) is 81.9 Å². The Kier molecular flexibility index (Phi) is 6.46. The molecule has 2 aromatic rings. The van der Waals surface area contributed by atoms with E-state index in [1.165, 1.54) is 4.57 Å². The molecule has 25 heavy (non-hydrogen) atoms. The number of carbonyl (C=O) groups excluding carboxylic acids is 1. The summed E-state index contributed by atoms with van der Waals surface area (Å²) in [6.45, 7) is 4.80. The fraction of sp³-hybridized carbons (Fsp3) is 0.250. The summed E-state index contributed by atoms with van der Waals surface area (Å²) in [6, 6.07) is 9.91. The lowest BCUT2D eigenvalue weighted by Gasteiger charge is -2.24. The Morgan fingerprint density at radius 2 is 1.92 bits per heavy atom. The topological polar surface area (TPSA) is 55.2 Å². The largest absolute Gasteiger partial charge is 0.348 e. The van der Waals surface area contributed by atoms with Crippen LogP contribution in [0, 0.1) is 6.92 Å². The van der Waals surface area contributed by atoms with Crippen LogP contribution in [-0.4, -0.2) is 22.4 Å². The van der Waals surface area contributed by atoms with Gasteiger partial charge in [-0.1, -0.05) is 54.6 Å². The SMILES string of the molecule is C/C=C/C=C/CN(Cc1ccccc1)c1nc(C)n(C)c(=O)c1C=O.